The van der Waals surface area contributed by atoms with Gasteiger partial charge >= 0.3 is 11.9 Å². The summed E-state index contributed by atoms with van der Waals surface area (Å²) in [5.74, 6) is -1.96. The fourth-order valence-electron chi connectivity index (χ4n) is 7.34. The number of nitrogens with one attached hydrogen (secondary N) is 4. The number of benzene rings is 4. The van der Waals surface area contributed by atoms with Gasteiger partial charge in [0.25, 0.3) is 0 Å². The maximum absolute atomic E-state index is 11.8. The minimum Gasteiger partial charge on any atom is -0.478 e. The number of fused-ring (bicyclic) bond motifs is 8. The van der Waals surface area contributed by atoms with Crippen molar-refractivity contribution in [3.63, 3.8) is 0 Å². The van der Waals surface area contributed by atoms with E-state index in [0.717, 1.165) is 88.7 Å². The van der Waals surface area contributed by atoms with Crippen LogP contribution in [-0.2, 0) is 0 Å². The molecule has 0 atom stereocenters. The van der Waals surface area contributed by atoms with Crippen LogP contribution in [0, 0.1) is 0 Å². The molecule has 8 nitrogen and oxygen atoms in total. The zero-order valence-corrected chi connectivity index (χ0v) is 28.7. The summed E-state index contributed by atoms with van der Waals surface area (Å²) < 4.78 is 0. The summed E-state index contributed by atoms with van der Waals surface area (Å²) in [6.45, 7) is 0. The Labute approximate surface area is 308 Å². The lowest BCUT2D eigenvalue weighted by Gasteiger charge is -2.10. The number of carbonyl (C=O) groups is 2. The average molecular weight is 705 g/mol. The fourth-order valence-corrected chi connectivity index (χ4v) is 7.34. The maximum Gasteiger partial charge on any atom is 0.335 e. The SMILES string of the molecule is O=C(O)c1ccc(C2=c3ccc([nH]3)=C(c3ccccc3)c3ccc([nH]3)C(c3ccc(C(=O)O)cc3)=c3ccc([nH]3)=C(c3ccccc3)c3ccc2[nH]3)cc1. The molecule has 54 heavy (non-hydrogen) atoms. The molecule has 0 radical (unpaired) electrons. The molecule has 9 rings (SSSR count). The first-order valence-corrected chi connectivity index (χ1v) is 17.5. The van der Waals surface area contributed by atoms with Crippen LogP contribution in [0.4, 0.5) is 0 Å². The number of hydrogen-bond donors (Lipinski definition) is 6. The first-order valence-electron chi connectivity index (χ1n) is 17.5. The first kappa shape index (κ1) is 32.3. The number of aromatic nitrogens is 4. The van der Waals surface area contributed by atoms with E-state index in [0.29, 0.717) is 0 Å². The highest BCUT2D eigenvalue weighted by Crippen LogP contribution is 2.28. The van der Waals surface area contributed by atoms with Crippen molar-refractivity contribution in [1.82, 2.24) is 19.9 Å². The van der Waals surface area contributed by atoms with E-state index in [1.54, 1.807) is 24.3 Å². The minimum absolute atomic E-state index is 0.213. The summed E-state index contributed by atoms with van der Waals surface area (Å²) >= 11 is 0. The van der Waals surface area contributed by atoms with Gasteiger partial charge in [-0.25, -0.2) is 9.59 Å². The molecule has 4 aromatic carbocycles. The molecule has 4 aromatic heterocycles. The van der Waals surface area contributed by atoms with E-state index in [9.17, 15) is 19.8 Å². The van der Waals surface area contributed by atoms with Crippen LogP contribution in [-0.4, -0.2) is 42.1 Å². The Bertz CT molecular complexity index is 2760. The lowest BCUT2D eigenvalue weighted by molar-refractivity contribution is 0.0686. The number of rotatable bonds is 6. The van der Waals surface area contributed by atoms with Gasteiger partial charge in [0.2, 0.25) is 0 Å². The Kier molecular flexibility index (Phi) is 7.90. The lowest BCUT2D eigenvalue weighted by atomic mass is 10.0. The standard InChI is InChI=1S/C46H32N4O4/c51-45(52)31-15-11-29(12-16-31)43-37-23-19-33(47-37)41(27-7-3-1-4-8-27)34-20-24-38(48-34)44(30-13-17-32(18-14-30)46(53)54)40-26-22-36(50-40)42(28-9-5-2-6-10-28)35-21-25-39(43)49-35/h1-26,47-50H,(H,51,52)(H,53,54). The first-order chi connectivity index (χ1) is 26.4. The summed E-state index contributed by atoms with van der Waals surface area (Å²) in [5.41, 5.74) is 11.3. The average Bonchev–Trinajstić information content (AvgIpc) is 4.04. The van der Waals surface area contributed by atoms with Gasteiger partial charge in [-0.2, -0.15) is 0 Å². The normalized spacial score (nSPS) is 12.6. The van der Waals surface area contributed by atoms with Crippen molar-refractivity contribution in [2.75, 3.05) is 0 Å². The lowest BCUT2D eigenvalue weighted by Crippen LogP contribution is -2.19. The van der Waals surface area contributed by atoms with Gasteiger partial charge in [-0.1, -0.05) is 84.9 Å². The van der Waals surface area contributed by atoms with Crippen LogP contribution >= 0.6 is 0 Å². The number of carboxylic acid groups (broad SMARTS) is 2. The molecule has 0 aliphatic carbocycles. The number of aromatic carboxylic acids is 2. The molecule has 8 heteroatoms. The third-order valence-electron chi connectivity index (χ3n) is 9.86. The molecule has 1 aliphatic rings. The van der Waals surface area contributed by atoms with Gasteiger partial charge < -0.3 is 30.1 Å². The van der Waals surface area contributed by atoms with Crippen LogP contribution in [0.2, 0.25) is 0 Å². The van der Waals surface area contributed by atoms with Crippen molar-refractivity contribution >= 4 is 34.2 Å². The van der Waals surface area contributed by atoms with Crippen molar-refractivity contribution in [1.29, 1.82) is 0 Å². The third kappa shape index (κ3) is 5.78. The summed E-state index contributed by atoms with van der Waals surface area (Å²) in [5, 5.41) is 22.8. The number of carboxylic acids is 2. The Morgan fingerprint density at radius 2 is 0.593 bits per heavy atom. The predicted molar refractivity (Wildman–Crippen MR) is 208 cm³/mol. The topological polar surface area (TPSA) is 138 Å². The predicted octanol–water partition coefficient (Wildman–Crippen LogP) is 5.70. The summed E-state index contributed by atoms with van der Waals surface area (Å²) in [4.78, 5) is 38.5. The second-order valence-electron chi connectivity index (χ2n) is 13.1. The fraction of sp³-hybridized carbons (Fsp3) is 0. The van der Waals surface area contributed by atoms with Gasteiger partial charge in [-0.05, 0) is 95.1 Å². The quantitative estimate of drug-likeness (QED) is 0.132. The van der Waals surface area contributed by atoms with Crippen LogP contribution in [0.5, 0.6) is 0 Å². The molecule has 0 amide bonds. The third-order valence-corrected chi connectivity index (χ3v) is 9.86. The molecule has 260 valence electrons. The molecular formula is C46H32N4O4. The number of aromatic amines is 4. The van der Waals surface area contributed by atoms with Gasteiger partial charge in [0.15, 0.2) is 0 Å². The highest BCUT2D eigenvalue weighted by Gasteiger charge is 2.19. The van der Waals surface area contributed by atoms with E-state index >= 15 is 0 Å². The van der Waals surface area contributed by atoms with Gasteiger partial charge in [-0.3, -0.25) is 0 Å². The van der Waals surface area contributed by atoms with Crippen molar-refractivity contribution in [3.8, 4) is 0 Å². The van der Waals surface area contributed by atoms with Gasteiger partial charge in [-0.15, -0.1) is 0 Å². The van der Waals surface area contributed by atoms with Crippen molar-refractivity contribution in [3.05, 3.63) is 235 Å². The summed E-state index contributed by atoms with van der Waals surface area (Å²) in [6, 6.07) is 50.7. The van der Waals surface area contributed by atoms with Crippen molar-refractivity contribution in [2.24, 2.45) is 0 Å². The largest absolute Gasteiger partial charge is 0.478 e. The highest BCUT2D eigenvalue weighted by molar-refractivity contribution is 5.90. The zero-order valence-electron chi connectivity index (χ0n) is 28.7. The summed E-state index contributed by atoms with van der Waals surface area (Å²) in [6.07, 6.45) is 0. The van der Waals surface area contributed by atoms with Crippen LogP contribution in [0.15, 0.2) is 158 Å². The molecule has 0 fully saturated rings. The zero-order chi connectivity index (χ0) is 36.8. The Hall–Kier alpha value is -7.58. The molecular weight excluding hydrogens is 673 g/mol. The summed E-state index contributed by atoms with van der Waals surface area (Å²) in [7, 11) is 0. The molecule has 8 aromatic rings. The Morgan fingerprint density at radius 1 is 0.315 bits per heavy atom. The van der Waals surface area contributed by atoms with Crippen LogP contribution in [0.25, 0.3) is 22.3 Å². The second kappa shape index (κ2) is 13.2. The number of H-pyrrole nitrogens is 4. The van der Waals surface area contributed by atoms with E-state index in [1.165, 1.54) is 0 Å². The second-order valence-corrected chi connectivity index (χ2v) is 13.1. The highest BCUT2D eigenvalue weighted by atomic mass is 16.4. The van der Waals surface area contributed by atoms with Gasteiger partial charge in [0.05, 0.1) is 11.1 Å². The minimum atomic E-state index is -0.980. The van der Waals surface area contributed by atoms with Crippen molar-refractivity contribution < 1.29 is 19.8 Å². The molecule has 0 spiro atoms. The monoisotopic (exact) mass is 704 g/mol. The van der Waals surface area contributed by atoms with Crippen LogP contribution < -0.4 is 21.4 Å². The molecule has 0 saturated carbocycles. The van der Waals surface area contributed by atoms with Crippen molar-refractivity contribution in [2.45, 2.75) is 0 Å². The maximum atomic E-state index is 11.8. The molecule has 6 N–H and O–H groups in total. The Balaban J connectivity index is 1.41. The van der Waals surface area contributed by atoms with Crippen LogP contribution in [0.1, 0.15) is 65.7 Å². The van der Waals surface area contributed by atoms with Gasteiger partial charge in [0, 0.05) is 66.5 Å². The molecule has 0 unspecified atom stereocenters. The smallest absolute Gasteiger partial charge is 0.335 e. The van der Waals surface area contributed by atoms with Crippen LogP contribution in [0.3, 0.4) is 0 Å². The Morgan fingerprint density at radius 3 is 0.870 bits per heavy atom. The van der Waals surface area contributed by atoms with E-state index in [2.05, 4.69) is 92.7 Å². The van der Waals surface area contributed by atoms with E-state index in [1.807, 2.05) is 60.7 Å². The van der Waals surface area contributed by atoms with Gasteiger partial charge in [0.1, 0.15) is 0 Å². The van der Waals surface area contributed by atoms with E-state index in [-0.39, 0.29) is 11.1 Å². The molecule has 0 saturated heterocycles. The molecule has 1 aliphatic heterocycles. The molecule has 8 bridgehead atoms. The molecule has 5 heterocycles. The van der Waals surface area contributed by atoms with E-state index in [4.69, 9.17) is 0 Å². The van der Waals surface area contributed by atoms with E-state index < -0.39 is 11.9 Å². The number of hydrogen-bond acceptors (Lipinski definition) is 2.